The van der Waals surface area contributed by atoms with Gasteiger partial charge in [-0.15, -0.1) is 0 Å². The van der Waals surface area contributed by atoms with E-state index in [9.17, 15) is 25.3 Å². The van der Waals surface area contributed by atoms with Gasteiger partial charge in [0.1, 0.15) is 6.61 Å². The van der Waals surface area contributed by atoms with Crippen molar-refractivity contribution >= 4 is 11.4 Å². The second-order valence-electron chi connectivity index (χ2n) is 3.54. The molecule has 11 nitrogen and oxygen atoms in total. The van der Waals surface area contributed by atoms with Gasteiger partial charge in [-0.3, -0.25) is 20.2 Å². The number of azide groups is 1. The van der Waals surface area contributed by atoms with Crippen LogP contribution in [-0.4, -0.2) is 34.2 Å². The zero-order chi connectivity index (χ0) is 15.1. The Morgan fingerprint density at radius 2 is 2.10 bits per heavy atom. The lowest BCUT2D eigenvalue weighted by Gasteiger charge is -2.09. The maximum absolute atomic E-state index is 10.8. The van der Waals surface area contributed by atoms with Crippen LogP contribution in [0.1, 0.15) is 0 Å². The molecular weight excluding hydrogens is 274 g/mol. The Morgan fingerprint density at radius 1 is 1.40 bits per heavy atom. The molecule has 0 bridgehead atoms. The first kappa shape index (κ1) is 15.1. The third-order valence-corrected chi connectivity index (χ3v) is 2.14. The van der Waals surface area contributed by atoms with E-state index in [1.807, 2.05) is 0 Å². The lowest BCUT2D eigenvalue weighted by molar-refractivity contribution is -0.394. The van der Waals surface area contributed by atoms with E-state index in [-0.39, 0.29) is 18.9 Å². The average molecular weight is 283 g/mol. The number of hydrogen-bond donors (Lipinski definition) is 1. The van der Waals surface area contributed by atoms with Crippen molar-refractivity contribution in [2.75, 3.05) is 13.2 Å². The second kappa shape index (κ2) is 6.87. The van der Waals surface area contributed by atoms with Crippen LogP contribution in [0.2, 0.25) is 0 Å². The lowest BCUT2D eigenvalue weighted by atomic mass is 10.2. The highest BCUT2D eigenvalue weighted by molar-refractivity contribution is 5.53. The van der Waals surface area contributed by atoms with Gasteiger partial charge >= 0.3 is 5.69 Å². The van der Waals surface area contributed by atoms with Gasteiger partial charge in [0.25, 0.3) is 5.69 Å². The summed E-state index contributed by atoms with van der Waals surface area (Å²) in [5.74, 6) is -0.222. The van der Waals surface area contributed by atoms with Crippen LogP contribution < -0.4 is 4.74 Å². The van der Waals surface area contributed by atoms with E-state index in [2.05, 4.69) is 10.0 Å². The highest BCUT2D eigenvalue weighted by atomic mass is 16.6. The van der Waals surface area contributed by atoms with Crippen molar-refractivity contribution in [3.63, 3.8) is 0 Å². The number of ether oxygens (including phenoxy) is 1. The highest BCUT2D eigenvalue weighted by Gasteiger charge is 2.21. The van der Waals surface area contributed by atoms with Crippen LogP contribution in [0.25, 0.3) is 10.4 Å². The molecule has 0 aliphatic carbocycles. The molecule has 0 saturated heterocycles. The van der Waals surface area contributed by atoms with E-state index < -0.39 is 27.3 Å². The molecule has 106 valence electrons. The molecule has 0 heterocycles. The quantitative estimate of drug-likeness (QED) is 0.262. The number of aliphatic hydroxyl groups is 1. The Labute approximate surface area is 111 Å². The van der Waals surface area contributed by atoms with Gasteiger partial charge in [-0.1, -0.05) is 5.11 Å². The van der Waals surface area contributed by atoms with Crippen LogP contribution in [-0.2, 0) is 0 Å². The van der Waals surface area contributed by atoms with Gasteiger partial charge < -0.3 is 9.84 Å². The molecule has 0 amide bonds. The molecule has 1 aromatic rings. The molecule has 1 aromatic carbocycles. The van der Waals surface area contributed by atoms with Gasteiger partial charge in [0.2, 0.25) is 0 Å². The number of nitro benzene ring substituents is 2. The lowest BCUT2D eigenvalue weighted by Crippen LogP contribution is -2.20. The molecule has 0 spiro atoms. The van der Waals surface area contributed by atoms with E-state index in [0.29, 0.717) is 0 Å². The predicted molar refractivity (Wildman–Crippen MR) is 65.3 cm³/mol. The van der Waals surface area contributed by atoms with Crippen LogP contribution >= 0.6 is 0 Å². The largest absolute Gasteiger partial charge is 0.484 e. The summed E-state index contributed by atoms with van der Waals surface area (Å²) in [6.07, 6.45) is -1.14. The fraction of sp³-hybridized carbons (Fsp3) is 0.333. The highest BCUT2D eigenvalue weighted by Crippen LogP contribution is 2.30. The first-order valence-electron chi connectivity index (χ1n) is 5.20. The topological polar surface area (TPSA) is 165 Å². The van der Waals surface area contributed by atoms with Gasteiger partial charge in [0.05, 0.1) is 28.6 Å². The Morgan fingerprint density at radius 3 is 2.65 bits per heavy atom. The fourth-order valence-corrected chi connectivity index (χ4v) is 1.25. The average Bonchev–Trinajstić information content (AvgIpc) is 2.42. The van der Waals surface area contributed by atoms with Crippen molar-refractivity contribution in [1.29, 1.82) is 0 Å². The number of nitro groups is 2. The minimum atomic E-state index is -1.14. The summed E-state index contributed by atoms with van der Waals surface area (Å²) in [5.41, 5.74) is 7.02. The number of rotatable bonds is 7. The van der Waals surface area contributed by atoms with Crippen molar-refractivity contribution in [2.24, 2.45) is 5.11 Å². The normalized spacial score (nSPS) is 11.2. The molecule has 20 heavy (non-hydrogen) atoms. The molecule has 1 N–H and O–H groups in total. The van der Waals surface area contributed by atoms with E-state index in [1.165, 1.54) is 0 Å². The van der Waals surface area contributed by atoms with E-state index in [4.69, 9.17) is 10.3 Å². The number of benzene rings is 1. The number of non-ortho nitro benzene ring substituents is 1. The van der Waals surface area contributed by atoms with Gasteiger partial charge in [0, 0.05) is 11.0 Å². The fourth-order valence-electron chi connectivity index (χ4n) is 1.25. The summed E-state index contributed by atoms with van der Waals surface area (Å²) in [4.78, 5) is 22.1. The first-order valence-corrected chi connectivity index (χ1v) is 5.20. The van der Waals surface area contributed by atoms with E-state index >= 15 is 0 Å². The van der Waals surface area contributed by atoms with E-state index in [1.54, 1.807) is 0 Å². The van der Waals surface area contributed by atoms with Crippen LogP contribution in [0.5, 0.6) is 5.75 Å². The number of nitrogens with zero attached hydrogens (tertiary/aromatic N) is 5. The van der Waals surface area contributed by atoms with E-state index in [0.717, 1.165) is 18.2 Å². The maximum atomic E-state index is 10.8. The zero-order valence-electron chi connectivity index (χ0n) is 9.95. The third-order valence-electron chi connectivity index (χ3n) is 2.14. The summed E-state index contributed by atoms with van der Waals surface area (Å²) >= 11 is 0. The summed E-state index contributed by atoms with van der Waals surface area (Å²) in [6.45, 7) is -0.602. The molecule has 0 aliphatic rings. The molecule has 0 saturated carbocycles. The molecule has 0 aromatic heterocycles. The Hall–Kier alpha value is -2.91. The Kier molecular flexibility index (Phi) is 5.21. The number of hydrogen-bond acceptors (Lipinski definition) is 7. The second-order valence-corrected chi connectivity index (χ2v) is 3.54. The number of aliphatic hydroxyl groups excluding tert-OH is 1. The summed E-state index contributed by atoms with van der Waals surface area (Å²) in [6, 6.07) is 2.87. The smallest absolute Gasteiger partial charge is 0.317 e. The molecule has 0 aliphatic heterocycles. The minimum Gasteiger partial charge on any atom is -0.484 e. The summed E-state index contributed by atoms with van der Waals surface area (Å²) in [7, 11) is 0. The van der Waals surface area contributed by atoms with Gasteiger partial charge in [0.15, 0.2) is 5.75 Å². The minimum absolute atomic E-state index is 0.222. The molecule has 1 unspecified atom stereocenters. The molecule has 11 heteroatoms. The summed E-state index contributed by atoms with van der Waals surface area (Å²) in [5, 5.41) is 33.8. The van der Waals surface area contributed by atoms with Crippen LogP contribution in [0.3, 0.4) is 0 Å². The van der Waals surface area contributed by atoms with Gasteiger partial charge in [-0.25, -0.2) is 0 Å². The van der Waals surface area contributed by atoms with Crippen LogP contribution in [0.4, 0.5) is 11.4 Å². The Bertz CT molecular complexity index is 570. The monoisotopic (exact) mass is 283 g/mol. The standard InChI is InChI=1S/C9H9N5O6/c10-12-11-4-7(15)5-20-9-2-1-6(13(16)17)3-8(9)14(18)19/h1-3,7,15H,4-5H2. The van der Waals surface area contributed by atoms with Gasteiger partial charge in [-0.2, -0.15) is 0 Å². The molecule has 0 radical (unpaired) electrons. The molecule has 1 rings (SSSR count). The first-order chi connectivity index (χ1) is 9.45. The maximum Gasteiger partial charge on any atom is 0.317 e. The van der Waals surface area contributed by atoms with Crippen LogP contribution in [0.15, 0.2) is 23.3 Å². The van der Waals surface area contributed by atoms with Crippen molar-refractivity contribution in [2.45, 2.75) is 6.10 Å². The van der Waals surface area contributed by atoms with Crippen LogP contribution in [0, 0.1) is 20.2 Å². The SMILES string of the molecule is [N-]=[N+]=NCC(O)COc1ccc([N+](=O)[O-])cc1[N+](=O)[O-]. The van der Waals surface area contributed by atoms with Crippen molar-refractivity contribution in [3.05, 3.63) is 48.9 Å². The predicted octanol–water partition coefficient (Wildman–Crippen LogP) is 1.55. The molecule has 1 atom stereocenters. The third kappa shape index (κ3) is 4.08. The Balaban J connectivity index is 2.86. The van der Waals surface area contributed by atoms with Crippen molar-refractivity contribution < 1.29 is 19.7 Å². The zero-order valence-corrected chi connectivity index (χ0v) is 9.95. The molecular formula is C9H9N5O6. The van der Waals surface area contributed by atoms with Gasteiger partial charge in [-0.05, 0) is 11.6 Å². The van der Waals surface area contributed by atoms with Crippen molar-refractivity contribution in [1.82, 2.24) is 0 Å². The summed E-state index contributed by atoms with van der Waals surface area (Å²) < 4.78 is 4.99. The molecule has 0 fully saturated rings. The van der Waals surface area contributed by atoms with Crippen molar-refractivity contribution in [3.8, 4) is 5.75 Å².